The number of piperidine rings is 1. The van der Waals surface area contributed by atoms with Gasteiger partial charge in [-0.1, -0.05) is 30.3 Å². The van der Waals surface area contributed by atoms with Gasteiger partial charge in [-0.05, 0) is 44.4 Å². The van der Waals surface area contributed by atoms with E-state index in [9.17, 15) is 4.79 Å². The number of nitrogens with one attached hydrogen (secondary N) is 3. The summed E-state index contributed by atoms with van der Waals surface area (Å²) in [5, 5.41) is 9.57. The zero-order valence-electron chi connectivity index (χ0n) is 18.3. The minimum absolute atomic E-state index is 0. The number of halogens is 1. The monoisotopic (exact) mass is 536 g/mol. The predicted molar refractivity (Wildman–Crippen MR) is 137 cm³/mol. The van der Waals surface area contributed by atoms with E-state index < -0.39 is 0 Å². The zero-order chi connectivity index (χ0) is 21.2. The number of carbonyl (C=O) groups excluding carboxylic acids is 1. The van der Waals surface area contributed by atoms with Crippen molar-refractivity contribution in [1.82, 2.24) is 20.5 Å². The molecule has 168 valence electrons. The molecule has 0 aliphatic carbocycles. The van der Waals surface area contributed by atoms with Gasteiger partial charge in [-0.25, -0.2) is 4.99 Å². The average Bonchev–Trinajstić information content (AvgIpc) is 2.76. The molecule has 1 aliphatic heterocycles. The fourth-order valence-electron chi connectivity index (χ4n) is 3.71. The Morgan fingerprint density at radius 1 is 1.23 bits per heavy atom. The summed E-state index contributed by atoms with van der Waals surface area (Å²) in [6.07, 6.45) is 5.38. The third kappa shape index (κ3) is 8.45. The Hall–Kier alpha value is -2.20. The van der Waals surface area contributed by atoms with Crippen molar-refractivity contribution in [3.63, 3.8) is 0 Å². The van der Waals surface area contributed by atoms with Gasteiger partial charge in [0, 0.05) is 37.9 Å². The van der Waals surface area contributed by atoms with Crippen LogP contribution in [0.25, 0.3) is 0 Å². The predicted octanol–water partition coefficient (Wildman–Crippen LogP) is 3.25. The summed E-state index contributed by atoms with van der Waals surface area (Å²) in [7, 11) is 0. The van der Waals surface area contributed by atoms with Crippen LogP contribution < -0.4 is 16.0 Å². The highest BCUT2D eigenvalue weighted by Gasteiger charge is 2.26. The number of aliphatic imine (C=N–C) groups is 1. The van der Waals surface area contributed by atoms with E-state index in [1.165, 1.54) is 5.56 Å². The molecule has 0 bridgehead atoms. The Bertz CT molecular complexity index is 817. The maximum absolute atomic E-state index is 12.2. The lowest BCUT2D eigenvalue weighted by molar-refractivity contribution is -0.114. The smallest absolute Gasteiger partial charge is 0.246 e. The SMILES string of the molecule is CCNC(=NCC(=O)Nc1cccnc1)NC1CCN(Cc2ccccc2)C(C)C1.I. The van der Waals surface area contributed by atoms with Crippen LogP contribution >= 0.6 is 24.0 Å². The summed E-state index contributed by atoms with van der Waals surface area (Å²) in [6, 6.07) is 15.0. The standard InChI is InChI=1S/C23H32N6O.HI/c1-3-25-23(26-16-22(30)27-21-10-7-12-24-15-21)28-20-11-13-29(18(2)14-20)17-19-8-5-4-6-9-19;/h4-10,12,15,18,20H,3,11,13-14,16-17H2,1-2H3,(H,27,30)(H2,25,26,28);1H. The van der Waals surface area contributed by atoms with Crippen LogP contribution in [-0.2, 0) is 11.3 Å². The maximum atomic E-state index is 12.2. The molecule has 0 radical (unpaired) electrons. The van der Waals surface area contributed by atoms with Crippen LogP contribution in [0.5, 0.6) is 0 Å². The van der Waals surface area contributed by atoms with Gasteiger partial charge in [0.15, 0.2) is 5.96 Å². The second kappa shape index (κ2) is 13.3. The number of rotatable bonds is 7. The summed E-state index contributed by atoms with van der Waals surface area (Å²) in [5.74, 6) is 0.527. The number of guanidine groups is 1. The van der Waals surface area contributed by atoms with E-state index in [-0.39, 0.29) is 36.4 Å². The van der Waals surface area contributed by atoms with Gasteiger partial charge in [0.05, 0.1) is 11.9 Å². The van der Waals surface area contributed by atoms with Crippen LogP contribution in [-0.4, -0.2) is 53.5 Å². The number of pyridine rings is 1. The van der Waals surface area contributed by atoms with Gasteiger partial charge in [0.25, 0.3) is 0 Å². The molecule has 2 aromatic rings. The second-order valence-corrected chi connectivity index (χ2v) is 7.66. The minimum Gasteiger partial charge on any atom is -0.357 e. The van der Waals surface area contributed by atoms with Gasteiger partial charge >= 0.3 is 0 Å². The second-order valence-electron chi connectivity index (χ2n) is 7.66. The quantitative estimate of drug-likeness (QED) is 0.288. The highest BCUT2D eigenvalue weighted by molar-refractivity contribution is 14.0. The molecule has 1 aromatic carbocycles. The molecule has 0 saturated carbocycles. The summed E-state index contributed by atoms with van der Waals surface area (Å²) >= 11 is 0. The largest absolute Gasteiger partial charge is 0.357 e. The fraction of sp³-hybridized carbons (Fsp3) is 0.435. The molecule has 2 unspecified atom stereocenters. The van der Waals surface area contributed by atoms with E-state index in [2.05, 4.69) is 68.1 Å². The normalized spacial score (nSPS) is 19.2. The number of aromatic nitrogens is 1. The Morgan fingerprint density at radius 3 is 2.71 bits per heavy atom. The molecule has 1 fully saturated rings. The molecule has 2 atom stereocenters. The number of anilines is 1. The first kappa shape index (κ1) is 25.1. The van der Waals surface area contributed by atoms with Crippen LogP contribution in [0.2, 0.25) is 0 Å². The first-order valence-electron chi connectivity index (χ1n) is 10.7. The molecule has 1 amide bonds. The van der Waals surface area contributed by atoms with Gasteiger partial charge < -0.3 is 16.0 Å². The molecular weight excluding hydrogens is 503 g/mol. The van der Waals surface area contributed by atoms with E-state index >= 15 is 0 Å². The van der Waals surface area contributed by atoms with Crippen molar-refractivity contribution >= 4 is 41.5 Å². The van der Waals surface area contributed by atoms with E-state index in [0.29, 0.717) is 23.7 Å². The molecular formula is C23H33IN6O. The van der Waals surface area contributed by atoms with Crippen molar-refractivity contribution in [3.05, 3.63) is 60.4 Å². The number of likely N-dealkylation sites (tertiary alicyclic amines) is 1. The lowest BCUT2D eigenvalue weighted by atomic mass is 9.97. The van der Waals surface area contributed by atoms with Crippen LogP contribution in [0.15, 0.2) is 59.9 Å². The Kier molecular flexibility index (Phi) is 10.7. The summed E-state index contributed by atoms with van der Waals surface area (Å²) in [6.45, 7) is 7.14. The van der Waals surface area contributed by atoms with Gasteiger partial charge in [-0.15, -0.1) is 24.0 Å². The molecule has 7 nitrogen and oxygen atoms in total. The number of benzene rings is 1. The lowest BCUT2D eigenvalue weighted by Crippen LogP contribution is -2.51. The van der Waals surface area contributed by atoms with E-state index in [0.717, 1.165) is 32.5 Å². The van der Waals surface area contributed by atoms with Gasteiger partial charge in [0.2, 0.25) is 5.91 Å². The number of hydrogen-bond donors (Lipinski definition) is 3. The van der Waals surface area contributed by atoms with Crippen molar-refractivity contribution in [3.8, 4) is 0 Å². The first-order valence-corrected chi connectivity index (χ1v) is 10.7. The van der Waals surface area contributed by atoms with Crippen molar-refractivity contribution in [2.24, 2.45) is 4.99 Å². The first-order chi connectivity index (χ1) is 14.6. The maximum Gasteiger partial charge on any atom is 0.246 e. The number of hydrogen-bond acceptors (Lipinski definition) is 4. The molecule has 1 aliphatic rings. The number of amides is 1. The van der Waals surface area contributed by atoms with Gasteiger partial charge in [0.1, 0.15) is 6.54 Å². The number of nitrogens with zero attached hydrogens (tertiary/aromatic N) is 3. The van der Waals surface area contributed by atoms with Crippen molar-refractivity contribution in [2.75, 3.05) is 25.0 Å². The van der Waals surface area contributed by atoms with Crippen LogP contribution in [0.4, 0.5) is 5.69 Å². The van der Waals surface area contributed by atoms with Crippen molar-refractivity contribution in [2.45, 2.75) is 45.3 Å². The molecule has 8 heteroatoms. The zero-order valence-corrected chi connectivity index (χ0v) is 20.6. The molecule has 0 spiro atoms. The van der Waals surface area contributed by atoms with Gasteiger partial charge in [-0.2, -0.15) is 0 Å². The third-order valence-corrected chi connectivity index (χ3v) is 5.25. The highest BCUT2D eigenvalue weighted by Crippen LogP contribution is 2.19. The summed E-state index contributed by atoms with van der Waals surface area (Å²) in [4.78, 5) is 23.2. The molecule has 3 rings (SSSR count). The van der Waals surface area contributed by atoms with E-state index in [1.54, 1.807) is 18.5 Å². The topological polar surface area (TPSA) is 81.6 Å². The molecule has 2 heterocycles. The Morgan fingerprint density at radius 2 is 2.03 bits per heavy atom. The van der Waals surface area contributed by atoms with Crippen LogP contribution in [0.1, 0.15) is 32.3 Å². The molecule has 1 aromatic heterocycles. The van der Waals surface area contributed by atoms with Gasteiger partial charge in [-0.3, -0.25) is 14.7 Å². The van der Waals surface area contributed by atoms with E-state index in [1.807, 2.05) is 13.0 Å². The van der Waals surface area contributed by atoms with Crippen molar-refractivity contribution < 1.29 is 4.79 Å². The van der Waals surface area contributed by atoms with Crippen molar-refractivity contribution in [1.29, 1.82) is 0 Å². The summed E-state index contributed by atoms with van der Waals surface area (Å²) in [5.41, 5.74) is 2.03. The minimum atomic E-state index is -0.161. The molecule has 31 heavy (non-hydrogen) atoms. The Balaban J connectivity index is 0.00000341. The third-order valence-electron chi connectivity index (χ3n) is 5.25. The number of carbonyl (C=O) groups is 1. The van der Waals surface area contributed by atoms with E-state index in [4.69, 9.17) is 0 Å². The molecule has 3 N–H and O–H groups in total. The summed E-state index contributed by atoms with van der Waals surface area (Å²) < 4.78 is 0. The average molecular weight is 536 g/mol. The van der Waals surface area contributed by atoms with Crippen LogP contribution in [0.3, 0.4) is 0 Å². The lowest BCUT2D eigenvalue weighted by Gasteiger charge is -2.38. The fourth-order valence-corrected chi connectivity index (χ4v) is 3.71. The van der Waals surface area contributed by atoms with Crippen LogP contribution in [0, 0.1) is 0 Å². The highest BCUT2D eigenvalue weighted by atomic mass is 127. The Labute approximate surface area is 202 Å². The molecule has 1 saturated heterocycles.